The van der Waals surface area contributed by atoms with Gasteiger partial charge in [0.15, 0.2) is 0 Å². The Hall–Kier alpha value is -1.51. The zero-order chi connectivity index (χ0) is 21.5. The number of aryl methyl sites for hydroxylation is 2. The van der Waals surface area contributed by atoms with Gasteiger partial charge in [-0.1, -0.05) is 104 Å². The molecule has 1 unspecified atom stereocenters. The number of phenols is 1. The number of carboxylic acids is 1. The molecule has 2 N–H and O–H groups in total. The molecule has 1 aromatic rings. The fourth-order valence-electron chi connectivity index (χ4n) is 4.21. The van der Waals surface area contributed by atoms with Gasteiger partial charge in [0.2, 0.25) is 0 Å². The molecule has 0 saturated heterocycles. The van der Waals surface area contributed by atoms with Gasteiger partial charge in [-0.3, -0.25) is 4.79 Å². The smallest absolute Gasteiger partial charge is 0.303 e. The minimum Gasteiger partial charge on any atom is -0.507 e. The number of rotatable bonds is 17. The van der Waals surface area contributed by atoms with Crippen LogP contribution >= 0.6 is 0 Å². The summed E-state index contributed by atoms with van der Waals surface area (Å²) in [6.07, 6.45) is 17.0. The molecule has 0 fully saturated rings. The van der Waals surface area contributed by atoms with Crippen LogP contribution in [0, 0.1) is 0 Å². The second-order valence-electron chi connectivity index (χ2n) is 8.51. The standard InChI is InChI=1S/C26H44O3/c1-4-7-8-9-10-11-12-13-14-15-16-17-23(20-25(27)28)24-18-21(5-2)26(29)22(6-3)19-24/h18-19,23,29H,4-17,20H2,1-3H3,(H,27,28). The molecule has 0 radical (unpaired) electrons. The van der Waals surface area contributed by atoms with Crippen LogP contribution in [0.1, 0.15) is 127 Å². The Labute approximate surface area is 178 Å². The van der Waals surface area contributed by atoms with Gasteiger partial charge in [-0.05, 0) is 41.9 Å². The molecular formula is C26H44O3. The molecule has 0 aliphatic carbocycles. The van der Waals surface area contributed by atoms with E-state index in [1.807, 2.05) is 26.0 Å². The highest BCUT2D eigenvalue weighted by Gasteiger charge is 2.18. The Balaban J connectivity index is 2.44. The molecule has 0 bridgehead atoms. The Morgan fingerprint density at radius 1 is 0.793 bits per heavy atom. The summed E-state index contributed by atoms with van der Waals surface area (Å²) in [7, 11) is 0. The molecular weight excluding hydrogens is 360 g/mol. The van der Waals surface area contributed by atoms with Crippen molar-refractivity contribution in [3.05, 3.63) is 28.8 Å². The molecule has 0 amide bonds. The molecule has 0 aromatic heterocycles. The Morgan fingerprint density at radius 3 is 1.66 bits per heavy atom. The van der Waals surface area contributed by atoms with Crippen molar-refractivity contribution in [2.75, 3.05) is 0 Å². The number of unbranched alkanes of at least 4 members (excludes halogenated alkanes) is 10. The van der Waals surface area contributed by atoms with Crippen molar-refractivity contribution in [3.8, 4) is 5.75 Å². The van der Waals surface area contributed by atoms with E-state index in [1.165, 1.54) is 64.2 Å². The van der Waals surface area contributed by atoms with Crippen molar-refractivity contribution in [1.82, 2.24) is 0 Å². The van der Waals surface area contributed by atoms with Crippen molar-refractivity contribution in [2.45, 2.75) is 123 Å². The van der Waals surface area contributed by atoms with Crippen molar-refractivity contribution < 1.29 is 15.0 Å². The van der Waals surface area contributed by atoms with E-state index in [0.29, 0.717) is 5.75 Å². The van der Waals surface area contributed by atoms with E-state index >= 15 is 0 Å². The second kappa shape index (κ2) is 15.3. The third-order valence-corrected chi connectivity index (χ3v) is 6.10. The molecule has 29 heavy (non-hydrogen) atoms. The summed E-state index contributed by atoms with van der Waals surface area (Å²) in [6.45, 7) is 6.33. The maximum atomic E-state index is 11.4. The zero-order valence-corrected chi connectivity index (χ0v) is 19.1. The number of hydrogen-bond acceptors (Lipinski definition) is 2. The first-order chi connectivity index (χ1) is 14.0. The largest absolute Gasteiger partial charge is 0.507 e. The van der Waals surface area contributed by atoms with Gasteiger partial charge in [-0.25, -0.2) is 0 Å². The van der Waals surface area contributed by atoms with Crippen LogP contribution in [-0.4, -0.2) is 16.2 Å². The number of carbonyl (C=O) groups is 1. The van der Waals surface area contributed by atoms with Gasteiger partial charge in [0.1, 0.15) is 5.75 Å². The van der Waals surface area contributed by atoms with Crippen LogP contribution in [0.25, 0.3) is 0 Å². The molecule has 0 saturated carbocycles. The number of carboxylic acid groups (broad SMARTS) is 1. The van der Waals surface area contributed by atoms with E-state index in [-0.39, 0.29) is 12.3 Å². The van der Waals surface area contributed by atoms with E-state index in [1.54, 1.807) is 0 Å². The summed E-state index contributed by atoms with van der Waals surface area (Å²) in [6, 6.07) is 4.06. The zero-order valence-electron chi connectivity index (χ0n) is 19.1. The van der Waals surface area contributed by atoms with E-state index in [4.69, 9.17) is 0 Å². The fraction of sp³-hybridized carbons (Fsp3) is 0.731. The summed E-state index contributed by atoms with van der Waals surface area (Å²) in [5.74, 6) is -0.299. The van der Waals surface area contributed by atoms with Gasteiger partial charge in [0, 0.05) is 0 Å². The van der Waals surface area contributed by atoms with Gasteiger partial charge in [0.25, 0.3) is 0 Å². The molecule has 1 aromatic carbocycles. The Bertz CT molecular complexity index is 554. The van der Waals surface area contributed by atoms with Gasteiger partial charge in [-0.2, -0.15) is 0 Å². The highest BCUT2D eigenvalue weighted by Crippen LogP contribution is 2.33. The van der Waals surface area contributed by atoms with Gasteiger partial charge >= 0.3 is 5.97 Å². The number of hydrogen-bond donors (Lipinski definition) is 2. The molecule has 0 aliphatic rings. The van der Waals surface area contributed by atoms with Gasteiger partial charge in [0.05, 0.1) is 6.42 Å². The number of aliphatic carboxylic acids is 1. The maximum Gasteiger partial charge on any atom is 0.303 e. The van der Waals surface area contributed by atoms with Crippen LogP contribution in [0.4, 0.5) is 0 Å². The van der Waals surface area contributed by atoms with Crippen LogP contribution in [0.15, 0.2) is 12.1 Å². The van der Waals surface area contributed by atoms with Gasteiger partial charge in [-0.15, -0.1) is 0 Å². The minimum absolute atomic E-state index is 0.0438. The predicted octanol–water partition coefficient (Wildman–Crippen LogP) is 7.78. The van der Waals surface area contributed by atoms with Crippen LogP contribution in [-0.2, 0) is 17.6 Å². The van der Waals surface area contributed by atoms with Crippen LogP contribution in [0.5, 0.6) is 5.75 Å². The molecule has 1 rings (SSSR count). The molecule has 0 spiro atoms. The van der Waals surface area contributed by atoms with Crippen LogP contribution in [0.3, 0.4) is 0 Å². The monoisotopic (exact) mass is 404 g/mol. The van der Waals surface area contributed by atoms with Crippen LogP contribution < -0.4 is 0 Å². The minimum atomic E-state index is -0.734. The molecule has 0 aliphatic heterocycles. The third kappa shape index (κ3) is 10.2. The SMILES string of the molecule is CCCCCCCCCCCCCC(CC(=O)O)c1cc(CC)c(O)c(CC)c1. The summed E-state index contributed by atoms with van der Waals surface area (Å²) in [5.41, 5.74) is 2.97. The normalized spacial score (nSPS) is 12.2. The summed E-state index contributed by atoms with van der Waals surface area (Å²) >= 11 is 0. The topological polar surface area (TPSA) is 57.5 Å². The first-order valence-corrected chi connectivity index (χ1v) is 12.1. The highest BCUT2D eigenvalue weighted by atomic mass is 16.4. The summed E-state index contributed by atoms with van der Waals surface area (Å²) in [5, 5.41) is 19.7. The average Bonchev–Trinajstić information content (AvgIpc) is 2.71. The van der Waals surface area contributed by atoms with E-state index < -0.39 is 5.97 Å². The van der Waals surface area contributed by atoms with Gasteiger partial charge < -0.3 is 10.2 Å². The predicted molar refractivity (Wildman–Crippen MR) is 123 cm³/mol. The Morgan fingerprint density at radius 2 is 1.24 bits per heavy atom. The van der Waals surface area contributed by atoms with Crippen molar-refractivity contribution in [1.29, 1.82) is 0 Å². The highest BCUT2D eigenvalue weighted by molar-refractivity contribution is 5.68. The van der Waals surface area contributed by atoms with E-state index in [2.05, 4.69) is 6.92 Å². The fourth-order valence-corrected chi connectivity index (χ4v) is 4.21. The number of aromatic hydroxyl groups is 1. The van der Waals surface area contributed by atoms with Crippen molar-refractivity contribution in [3.63, 3.8) is 0 Å². The molecule has 3 heteroatoms. The quantitative estimate of drug-likeness (QED) is 0.261. The summed E-state index contributed by atoms with van der Waals surface area (Å²) in [4.78, 5) is 11.4. The second-order valence-corrected chi connectivity index (χ2v) is 8.51. The summed E-state index contributed by atoms with van der Waals surface area (Å²) < 4.78 is 0. The third-order valence-electron chi connectivity index (χ3n) is 6.10. The van der Waals surface area contributed by atoms with Crippen molar-refractivity contribution >= 4 is 5.97 Å². The molecule has 1 atom stereocenters. The maximum absolute atomic E-state index is 11.4. The Kier molecular flexibility index (Phi) is 13.5. The van der Waals surface area contributed by atoms with Crippen LogP contribution in [0.2, 0.25) is 0 Å². The number of phenolic OH excluding ortho intramolecular Hbond substituents is 1. The average molecular weight is 405 g/mol. The lowest BCUT2D eigenvalue weighted by Gasteiger charge is -2.19. The lowest BCUT2D eigenvalue weighted by Crippen LogP contribution is -2.08. The molecule has 166 valence electrons. The van der Waals surface area contributed by atoms with E-state index in [9.17, 15) is 15.0 Å². The first kappa shape index (κ1) is 25.5. The van der Waals surface area contributed by atoms with E-state index in [0.717, 1.165) is 42.4 Å². The number of benzene rings is 1. The molecule has 0 heterocycles. The van der Waals surface area contributed by atoms with Crippen molar-refractivity contribution in [2.24, 2.45) is 0 Å². The first-order valence-electron chi connectivity index (χ1n) is 12.1. The lowest BCUT2D eigenvalue weighted by atomic mass is 9.87. The molecule has 3 nitrogen and oxygen atoms in total. The lowest BCUT2D eigenvalue weighted by molar-refractivity contribution is -0.137.